The van der Waals surface area contributed by atoms with Crippen molar-refractivity contribution in [1.82, 2.24) is 9.78 Å². The van der Waals surface area contributed by atoms with Crippen LogP contribution in [0, 0.1) is 6.92 Å². The molecule has 0 bridgehead atoms. The first-order valence-corrected chi connectivity index (χ1v) is 6.62. The molecule has 0 amide bonds. The molecule has 20 heavy (non-hydrogen) atoms. The van der Waals surface area contributed by atoms with Gasteiger partial charge in [0.1, 0.15) is 10.8 Å². The van der Waals surface area contributed by atoms with Gasteiger partial charge in [-0.25, -0.2) is 0 Å². The van der Waals surface area contributed by atoms with Crippen LogP contribution in [0.25, 0.3) is 0 Å². The average Bonchev–Trinajstić information content (AvgIpc) is 2.65. The maximum Gasteiger partial charge on any atom is 0.138 e. The van der Waals surface area contributed by atoms with Gasteiger partial charge < -0.3 is 15.8 Å². The number of aryl methyl sites for hydroxylation is 2. The fourth-order valence-corrected chi connectivity index (χ4v) is 2.38. The van der Waals surface area contributed by atoms with Gasteiger partial charge in [0.2, 0.25) is 0 Å². The van der Waals surface area contributed by atoms with Gasteiger partial charge in [-0.2, -0.15) is 5.10 Å². The Morgan fingerprint density at radius 3 is 2.90 bits per heavy atom. The Bertz CT molecular complexity index is 636. The first kappa shape index (κ1) is 14.5. The fourth-order valence-electron chi connectivity index (χ4n) is 2.14. The lowest BCUT2D eigenvalue weighted by Crippen LogP contribution is -2.13. The van der Waals surface area contributed by atoms with E-state index in [0.717, 1.165) is 28.3 Å². The van der Waals surface area contributed by atoms with Crippen LogP contribution in [-0.2, 0) is 18.4 Å². The van der Waals surface area contributed by atoms with E-state index in [0.29, 0.717) is 11.6 Å². The third-order valence-electron chi connectivity index (χ3n) is 2.97. The zero-order chi connectivity index (χ0) is 14.7. The summed E-state index contributed by atoms with van der Waals surface area (Å²) in [6.07, 6.45) is 0. The van der Waals surface area contributed by atoms with E-state index in [1.54, 1.807) is 11.8 Å². The van der Waals surface area contributed by atoms with E-state index in [9.17, 15) is 0 Å². The highest BCUT2D eigenvalue weighted by atomic mass is 32.1. The zero-order valence-corrected chi connectivity index (χ0v) is 12.6. The molecule has 0 aliphatic rings. The lowest BCUT2D eigenvalue weighted by atomic mass is 10.2. The van der Waals surface area contributed by atoms with E-state index >= 15 is 0 Å². The first-order chi connectivity index (χ1) is 9.52. The van der Waals surface area contributed by atoms with Crippen molar-refractivity contribution in [1.29, 1.82) is 0 Å². The minimum Gasteiger partial charge on any atom is -0.389 e. The molecule has 106 valence electrons. The predicted octanol–water partition coefficient (Wildman–Crippen LogP) is 2.25. The van der Waals surface area contributed by atoms with Gasteiger partial charge in [0, 0.05) is 19.8 Å². The molecular weight excluding hydrogens is 272 g/mol. The third kappa shape index (κ3) is 2.97. The monoisotopic (exact) mass is 290 g/mol. The van der Waals surface area contributed by atoms with Crippen LogP contribution in [-0.4, -0.2) is 21.9 Å². The van der Waals surface area contributed by atoms with Crippen LogP contribution in [0.1, 0.15) is 16.8 Å². The molecule has 1 aromatic carbocycles. The van der Waals surface area contributed by atoms with Crippen LogP contribution in [0.2, 0.25) is 0 Å². The lowest BCUT2D eigenvalue weighted by molar-refractivity contribution is 0.185. The van der Waals surface area contributed by atoms with Gasteiger partial charge in [-0.15, -0.1) is 0 Å². The smallest absolute Gasteiger partial charge is 0.138 e. The minimum absolute atomic E-state index is 0.339. The highest BCUT2D eigenvalue weighted by Gasteiger charge is 2.15. The molecule has 5 nitrogen and oxygen atoms in total. The number of rotatable bonds is 5. The lowest BCUT2D eigenvalue weighted by Gasteiger charge is -2.10. The Morgan fingerprint density at radius 2 is 2.25 bits per heavy atom. The Kier molecular flexibility index (Phi) is 4.36. The van der Waals surface area contributed by atoms with Gasteiger partial charge >= 0.3 is 0 Å². The molecule has 0 aliphatic carbocycles. The largest absolute Gasteiger partial charge is 0.389 e. The van der Waals surface area contributed by atoms with Crippen molar-refractivity contribution in [2.45, 2.75) is 13.5 Å². The highest BCUT2D eigenvalue weighted by molar-refractivity contribution is 7.80. The van der Waals surface area contributed by atoms with Gasteiger partial charge in [-0.05, 0) is 24.6 Å². The molecule has 1 aromatic heterocycles. The summed E-state index contributed by atoms with van der Waals surface area (Å²) in [4.78, 5) is 0.339. The summed E-state index contributed by atoms with van der Waals surface area (Å²) in [5.74, 6) is 0.796. The van der Waals surface area contributed by atoms with Gasteiger partial charge in [-0.1, -0.05) is 24.4 Å². The Labute approximate surface area is 123 Å². The molecule has 6 heteroatoms. The standard InChI is InChI=1S/C14H18N4OS/c1-9-12(13(15)20)14(18(2)17-9)16-11-6-4-5-10(7-11)8-19-3/h4-7,16H,8H2,1-3H3,(H2,15,20). The van der Waals surface area contributed by atoms with Crippen LogP contribution in [0.4, 0.5) is 11.5 Å². The number of nitrogens with two attached hydrogens (primary N) is 1. The predicted molar refractivity (Wildman–Crippen MR) is 84.3 cm³/mol. The second-order valence-corrected chi connectivity index (χ2v) is 5.00. The van der Waals surface area contributed by atoms with E-state index in [4.69, 9.17) is 22.7 Å². The van der Waals surface area contributed by atoms with E-state index in [2.05, 4.69) is 10.4 Å². The van der Waals surface area contributed by atoms with Crippen LogP contribution < -0.4 is 11.1 Å². The number of nitrogens with zero attached hydrogens (tertiary/aromatic N) is 2. The van der Waals surface area contributed by atoms with Crippen LogP contribution in [0.3, 0.4) is 0 Å². The number of anilines is 2. The molecule has 0 radical (unpaired) electrons. The summed E-state index contributed by atoms with van der Waals surface area (Å²) >= 11 is 5.10. The summed E-state index contributed by atoms with van der Waals surface area (Å²) in [7, 11) is 3.53. The number of thiocarbonyl (C=S) groups is 1. The van der Waals surface area contributed by atoms with E-state index in [-0.39, 0.29) is 0 Å². The zero-order valence-electron chi connectivity index (χ0n) is 11.8. The number of hydrogen-bond acceptors (Lipinski definition) is 4. The van der Waals surface area contributed by atoms with Crippen LogP contribution >= 0.6 is 12.2 Å². The maximum absolute atomic E-state index is 5.78. The molecule has 1 heterocycles. The van der Waals surface area contributed by atoms with Crippen molar-refractivity contribution in [3.8, 4) is 0 Å². The number of methoxy groups -OCH3 is 1. The molecule has 0 saturated carbocycles. The Balaban J connectivity index is 2.35. The summed E-state index contributed by atoms with van der Waals surface area (Å²) < 4.78 is 6.88. The molecule has 0 spiro atoms. The molecule has 3 N–H and O–H groups in total. The van der Waals surface area contributed by atoms with Crippen LogP contribution in [0.15, 0.2) is 24.3 Å². The Morgan fingerprint density at radius 1 is 1.50 bits per heavy atom. The Hall–Kier alpha value is -1.92. The molecule has 0 saturated heterocycles. The highest BCUT2D eigenvalue weighted by Crippen LogP contribution is 2.23. The summed E-state index contributed by atoms with van der Waals surface area (Å²) in [6, 6.07) is 7.98. The number of ether oxygens (including phenoxy) is 1. The second kappa shape index (κ2) is 6.02. The molecule has 0 unspecified atom stereocenters. The van der Waals surface area contributed by atoms with Crippen molar-refractivity contribution in [2.24, 2.45) is 12.8 Å². The molecule has 0 aliphatic heterocycles. The summed E-state index contributed by atoms with van der Waals surface area (Å²) in [6.45, 7) is 2.46. The van der Waals surface area contributed by atoms with Gasteiger partial charge in [0.05, 0.1) is 17.9 Å². The molecular formula is C14H18N4OS. The van der Waals surface area contributed by atoms with Crippen molar-refractivity contribution in [2.75, 3.05) is 12.4 Å². The summed E-state index contributed by atoms with van der Waals surface area (Å²) in [5, 5.41) is 7.67. The van der Waals surface area contributed by atoms with Gasteiger partial charge in [-0.3, -0.25) is 4.68 Å². The normalized spacial score (nSPS) is 10.6. The quantitative estimate of drug-likeness (QED) is 0.827. The number of aromatic nitrogens is 2. The van der Waals surface area contributed by atoms with Crippen molar-refractivity contribution < 1.29 is 4.74 Å². The molecule has 0 fully saturated rings. The fraction of sp³-hybridized carbons (Fsp3) is 0.286. The van der Waals surface area contributed by atoms with Gasteiger partial charge in [0.15, 0.2) is 0 Å². The number of hydrogen-bond donors (Lipinski definition) is 2. The third-order valence-corrected chi connectivity index (χ3v) is 3.17. The van der Waals surface area contributed by atoms with E-state index < -0.39 is 0 Å². The van der Waals surface area contributed by atoms with Crippen molar-refractivity contribution in [3.63, 3.8) is 0 Å². The SMILES string of the molecule is COCc1cccc(Nc2c(C(N)=S)c(C)nn2C)c1. The van der Waals surface area contributed by atoms with E-state index in [1.165, 1.54) is 0 Å². The topological polar surface area (TPSA) is 65.1 Å². The van der Waals surface area contributed by atoms with Crippen molar-refractivity contribution in [3.05, 3.63) is 41.1 Å². The van der Waals surface area contributed by atoms with Gasteiger partial charge in [0.25, 0.3) is 0 Å². The van der Waals surface area contributed by atoms with Crippen LogP contribution in [0.5, 0.6) is 0 Å². The second-order valence-electron chi connectivity index (χ2n) is 4.56. The number of benzene rings is 1. The molecule has 0 atom stereocenters. The molecule has 2 aromatic rings. The maximum atomic E-state index is 5.78. The van der Waals surface area contributed by atoms with E-state index in [1.807, 2.05) is 38.2 Å². The van der Waals surface area contributed by atoms with Crippen molar-refractivity contribution >= 4 is 28.7 Å². The molecule has 2 rings (SSSR count). The first-order valence-electron chi connectivity index (χ1n) is 6.21. The summed E-state index contributed by atoms with van der Waals surface area (Å²) in [5.41, 5.74) is 9.41. The minimum atomic E-state index is 0.339. The number of nitrogens with one attached hydrogen (secondary N) is 1. The average molecular weight is 290 g/mol.